The van der Waals surface area contributed by atoms with E-state index in [0.29, 0.717) is 11.4 Å². The van der Waals surface area contributed by atoms with Gasteiger partial charge in [0.1, 0.15) is 12.1 Å². The summed E-state index contributed by atoms with van der Waals surface area (Å²) in [5.41, 5.74) is 0.308. The molecule has 7 nitrogen and oxygen atoms in total. The molecule has 0 aliphatic rings. The Morgan fingerprint density at radius 2 is 1.79 bits per heavy atom. The molecule has 0 fully saturated rings. The first-order valence-electron chi connectivity index (χ1n) is 8.29. The lowest BCUT2D eigenvalue weighted by Crippen LogP contribution is -2.03. The number of anilines is 2. The number of fused-ring (bicyclic) bond motifs is 1. The molecule has 3 aromatic carbocycles. The number of hydrogen-bond acceptors (Lipinski definition) is 6. The fraction of sp³-hybridized carbons (Fsp3) is 0. The van der Waals surface area contributed by atoms with E-state index in [1.165, 1.54) is 6.33 Å². The predicted molar refractivity (Wildman–Crippen MR) is 110 cm³/mol. The fourth-order valence-electron chi connectivity index (χ4n) is 2.79. The van der Waals surface area contributed by atoms with Crippen molar-refractivity contribution in [3.63, 3.8) is 0 Å². The summed E-state index contributed by atoms with van der Waals surface area (Å²) in [4.78, 5) is 19.2. The van der Waals surface area contributed by atoms with Crippen molar-refractivity contribution < 1.29 is 9.66 Å². The van der Waals surface area contributed by atoms with Gasteiger partial charge in [-0.25, -0.2) is 4.98 Å². The molecule has 4 rings (SSSR count). The number of halogens is 1. The summed E-state index contributed by atoms with van der Waals surface area (Å²) in [5, 5.41) is 16.5. The Morgan fingerprint density at radius 3 is 2.61 bits per heavy atom. The number of nitro groups is 1. The van der Waals surface area contributed by atoms with Gasteiger partial charge in [-0.2, -0.15) is 4.98 Å². The van der Waals surface area contributed by atoms with E-state index < -0.39 is 4.92 Å². The summed E-state index contributed by atoms with van der Waals surface area (Å²) < 4.78 is 6.68. The van der Waals surface area contributed by atoms with Crippen LogP contribution in [0.15, 0.2) is 77.5 Å². The summed E-state index contributed by atoms with van der Waals surface area (Å²) in [6, 6.07) is 20.4. The summed E-state index contributed by atoms with van der Waals surface area (Å²) in [6.07, 6.45) is 1.23. The van der Waals surface area contributed by atoms with Gasteiger partial charge in [0, 0.05) is 15.5 Å². The number of nitrogens with one attached hydrogen (secondary N) is 1. The van der Waals surface area contributed by atoms with Crippen LogP contribution in [-0.4, -0.2) is 14.9 Å². The molecule has 8 heteroatoms. The minimum absolute atomic E-state index is 0.0494. The monoisotopic (exact) mass is 436 g/mol. The van der Waals surface area contributed by atoms with Crippen LogP contribution < -0.4 is 10.1 Å². The van der Waals surface area contributed by atoms with E-state index in [4.69, 9.17) is 4.74 Å². The molecule has 1 N–H and O–H groups in total. The van der Waals surface area contributed by atoms with Crippen LogP contribution in [0.3, 0.4) is 0 Å². The van der Waals surface area contributed by atoms with E-state index in [1.807, 2.05) is 48.5 Å². The van der Waals surface area contributed by atoms with Gasteiger partial charge in [0.15, 0.2) is 0 Å². The van der Waals surface area contributed by atoms with Gasteiger partial charge in [-0.3, -0.25) is 10.1 Å². The molecule has 0 unspecified atom stereocenters. The molecule has 0 amide bonds. The van der Waals surface area contributed by atoms with Crippen molar-refractivity contribution in [2.75, 3.05) is 5.32 Å². The Bertz CT molecular complexity index is 1180. The standard InChI is InChI=1S/C20H13BrN4O3/c21-14-7-4-8-15(11-14)24-19-18(25(26)27)20(23-12-22-19)28-17-10-3-6-13-5-1-2-9-16(13)17/h1-12H,(H,22,23,24). The van der Waals surface area contributed by atoms with Crippen molar-refractivity contribution >= 4 is 43.9 Å². The highest BCUT2D eigenvalue weighted by Crippen LogP contribution is 2.37. The molecular formula is C20H13BrN4O3. The highest BCUT2D eigenvalue weighted by atomic mass is 79.9. The smallest absolute Gasteiger partial charge is 0.373 e. The lowest BCUT2D eigenvalue weighted by molar-refractivity contribution is -0.385. The van der Waals surface area contributed by atoms with Gasteiger partial charge in [-0.05, 0) is 29.7 Å². The molecule has 1 aromatic heterocycles. The first-order chi connectivity index (χ1) is 13.6. The molecule has 0 aliphatic carbocycles. The minimum Gasteiger partial charge on any atom is -0.433 e. The predicted octanol–water partition coefficient (Wildman–Crippen LogP) is 5.84. The van der Waals surface area contributed by atoms with Gasteiger partial charge >= 0.3 is 11.6 Å². The number of ether oxygens (including phenoxy) is 1. The Balaban J connectivity index is 1.76. The zero-order valence-electron chi connectivity index (χ0n) is 14.4. The van der Waals surface area contributed by atoms with Crippen LogP contribution >= 0.6 is 15.9 Å². The van der Waals surface area contributed by atoms with E-state index in [2.05, 4.69) is 31.2 Å². The van der Waals surface area contributed by atoms with Crippen LogP contribution in [0, 0.1) is 10.1 Å². The van der Waals surface area contributed by atoms with Crippen molar-refractivity contribution in [3.8, 4) is 11.6 Å². The second-order valence-electron chi connectivity index (χ2n) is 5.85. The van der Waals surface area contributed by atoms with Crippen molar-refractivity contribution in [1.82, 2.24) is 9.97 Å². The Labute approximate surface area is 168 Å². The lowest BCUT2D eigenvalue weighted by atomic mass is 10.1. The second kappa shape index (κ2) is 7.61. The molecule has 0 atom stereocenters. The van der Waals surface area contributed by atoms with Crippen LogP contribution in [0.2, 0.25) is 0 Å². The average Bonchev–Trinajstić information content (AvgIpc) is 2.68. The van der Waals surface area contributed by atoms with Crippen molar-refractivity contribution in [3.05, 3.63) is 87.6 Å². The van der Waals surface area contributed by atoms with Gasteiger partial charge < -0.3 is 10.1 Å². The molecule has 0 saturated heterocycles. The SMILES string of the molecule is O=[N+]([O-])c1c(Nc2cccc(Br)c2)ncnc1Oc1cccc2ccccc12. The highest BCUT2D eigenvalue weighted by Gasteiger charge is 2.25. The third-order valence-corrected chi connectivity index (χ3v) is 4.51. The third kappa shape index (κ3) is 3.63. The van der Waals surface area contributed by atoms with Crippen LogP contribution in [0.25, 0.3) is 10.8 Å². The fourth-order valence-corrected chi connectivity index (χ4v) is 3.18. The number of aromatic nitrogens is 2. The molecule has 0 aliphatic heterocycles. The molecule has 4 aromatic rings. The van der Waals surface area contributed by atoms with E-state index in [-0.39, 0.29) is 17.4 Å². The average molecular weight is 437 g/mol. The molecule has 138 valence electrons. The third-order valence-electron chi connectivity index (χ3n) is 4.01. The number of rotatable bonds is 5. The Morgan fingerprint density at radius 1 is 1.00 bits per heavy atom. The van der Waals surface area contributed by atoms with Crippen LogP contribution in [0.1, 0.15) is 0 Å². The van der Waals surface area contributed by atoms with Gasteiger partial charge in [-0.1, -0.05) is 58.4 Å². The Kier molecular flexibility index (Phi) is 4.86. The zero-order chi connectivity index (χ0) is 19.5. The van der Waals surface area contributed by atoms with Crippen LogP contribution in [0.4, 0.5) is 17.2 Å². The van der Waals surface area contributed by atoms with Crippen molar-refractivity contribution in [1.29, 1.82) is 0 Å². The summed E-state index contributed by atoms with van der Waals surface area (Å²) in [6.45, 7) is 0. The van der Waals surface area contributed by atoms with Crippen LogP contribution in [-0.2, 0) is 0 Å². The number of benzene rings is 3. The van der Waals surface area contributed by atoms with E-state index in [0.717, 1.165) is 15.2 Å². The van der Waals surface area contributed by atoms with Gasteiger partial charge in [0.2, 0.25) is 5.82 Å². The molecule has 0 radical (unpaired) electrons. The summed E-state index contributed by atoms with van der Waals surface area (Å²) in [7, 11) is 0. The molecule has 0 bridgehead atoms. The van der Waals surface area contributed by atoms with E-state index in [9.17, 15) is 10.1 Å². The lowest BCUT2D eigenvalue weighted by Gasteiger charge is -2.11. The summed E-state index contributed by atoms with van der Waals surface area (Å²) in [5.74, 6) is 0.399. The largest absolute Gasteiger partial charge is 0.433 e. The van der Waals surface area contributed by atoms with Gasteiger partial charge in [0.05, 0.1) is 4.92 Å². The quantitative estimate of drug-likeness (QED) is 0.312. The summed E-state index contributed by atoms with van der Waals surface area (Å²) >= 11 is 3.37. The first-order valence-corrected chi connectivity index (χ1v) is 9.09. The molecule has 0 spiro atoms. The zero-order valence-corrected chi connectivity index (χ0v) is 16.0. The second-order valence-corrected chi connectivity index (χ2v) is 6.76. The number of nitrogens with zero attached hydrogens (tertiary/aromatic N) is 3. The number of hydrogen-bond donors (Lipinski definition) is 1. The Hall–Kier alpha value is -3.52. The van der Waals surface area contributed by atoms with E-state index >= 15 is 0 Å². The van der Waals surface area contributed by atoms with Gasteiger partial charge in [0.25, 0.3) is 0 Å². The molecule has 0 saturated carbocycles. The maximum atomic E-state index is 11.7. The normalized spacial score (nSPS) is 10.6. The maximum absolute atomic E-state index is 11.7. The molecular weight excluding hydrogens is 424 g/mol. The van der Waals surface area contributed by atoms with Crippen molar-refractivity contribution in [2.24, 2.45) is 0 Å². The first kappa shape index (κ1) is 17.9. The van der Waals surface area contributed by atoms with E-state index in [1.54, 1.807) is 18.2 Å². The molecule has 28 heavy (non-hydrogen) atoms. The van der Waals surface area contributed by atoms with Crippen molar-refractivity contribution in [2.45, 2.75) is 0 Å². The minimum atomic E-state index is -0.555. The highest BCUT2D eigenvalue weighted by molar-refractivity contribution is 9.10. The maximum Gasteiger partial charge on any atom is 0.373 e. The van der Waals surface area contributed by atoms with Crippen LogP contribution in [0.5, 0.6) is 11.6 Å². The topological polar surface area (TPSA) is 90.2 Å². The molecule has 1 heterocycles. The van der Waals surface area contributed by atoms with Gasteiger partial charge in [-0.15, -0.1) is 0 Å².